The number of aryl methyl sites for hydroxylation is 1. The van der Waals surface area contributed by atoms with Crippen molar-refractivity contribution in [1.29, 1.82) is 0 Å². The Kier molecular flexibility index (Phi) is 4.59. The molecule has 0 heterocycles. The minimum atomic E-state index is 0.125. The molecule has 1 unspecified atom stereocenters. The first-order valence-electron chi connectivity index (χ1n) is 5.21. The van der Waals surface area contributed by atoms with Crippen molar-refractivity contribution in [3.63, 3.8) is 0 Å². The highest BCUT2D eigenvalue weighted by atomic mass is 16.6. The summed E-state index contributed by atoms with van der Waals surface area (Å²) in [7, 11) is 1.68. The maximum absolute atomic E-state index is 5.31. The Morgan fingerprint density at radius 3 is 2.73 bits per heavy atom. The number of hydrogen-bond acceptors (Lipinski definition) is 3. The molecule has 0 fully saturated rings. The fourth-order valence-electron chi connectivity index (χ4n) is 1.46. The SMILES string of the molecule is CCONC(C)c1cc(C)ccc1OC. The number of hydroxylamine groups is 1. The van der Waals surface area contributed by atoms with Crippen LogP contribution >= 0.6 is 0 Å². The predicted octanol–water partition coefficient (Wildman–Crippen LogP) is 2.61. The maximum Gasteiger partial charge on any atom is 0.123 e. The van der Waals surface area contributed by atoms with Gasteiger partial charge >= 0.3 is 0 Å². The van der Waals surface area contributed by atoms with E-state index >= 15 is 0 Å². The molecule has 0 radical (unpaired) electrons. The molecule has 1 rings (SSSR count). The smallest absolute Gasteiger partial charge is 0.123 e. The molecule has 15 heavy (non-hydrogen) atoms. The Morgan fingerprint density at radius 1 is 1.40 bits per heavy atom. The molecule has 0 spiro atoms. The van der Waals surface area contributed by atoms with Gasteiger partial charge in [-0.05, 0) is 26.8 Å². The van der Waals surface area contributed by atoms with Gasteiger partial charge in [0.15, 0.2) is 0 Å². The van der Waals surface area contributed by atoms with Gasteiger partial charge in [-0.15, -0.1) is 0 Å². The lowest BCUT2D eigenvalue weighted by molar-refractivity contribution is 0.0279. The summed E-state index contributed by atoms with van der Waals surface area (Å²) < 4.78 is 5.31. The highest BCUT2D eigenvalue weighted by Gasteiger charge is 2.10. The first-order valence-corrected chi connectivity index (χ1v) is 5.21. The summed E-state index contributed by atoms with van der Waals surface area (Å²) >= 11 is 0. The van der Waals surface area contributed by atoms with E-state index in [-0.39, 0.29) is 6.04 Å². The lowest BCUT2D eigenvalue weighted by Gasteiger charge is -2.17. The van der Waals surface area contributed by atoms with Gasteiger partial charge in [-0.1, -0.05) is 17.7 Å². The van der Waals surface area contributed by atoms with E-state index in [0.717, 1.165) is 11.3 Å². The molecule has 1 aromatic carbocycles. The monoisotopic (exact) mass is 209 g/mol. The van der Waals surface area contributed by atoms with E-state index in [4.69, 9.17) is 9.57 Å². The number of ether oxygens (including phenoxy) is 1. The van der Waals surface area contributed by atoms with Crippen LogP contribution in [0.1, 0.15) is 31.0 Å². The second-order valence-electron chi connectivity index (χ2n) is 3.52. The number of nitrogens with one attached hydrogen (secondary N) is 1. The zero-order chi connectivity index (χ0) is 11.3. The lowest BCUT2D eigenvalue weighted by Crippen LogP contribution is -2.19. The number of benzene rings is 1. The van der Waals surface area contributed by atoms with Crippen LogP contribution in [-0.2, 0) is 4.84 Å². The van der Waals surface area contributed by atoms with Crippen molar-refractivity contribution in [2.75, 3.05) is 13.7 Å². The summed E-state index contributed by atoms with van der Waals surface area (Å²) in [6.45, 7) is 6.72. The third kappa shape index (κ3) is 3.22. The highest BCUT2D eigenvalue weighted by Crippen LogP contribution is 2.25. The zero-order valence-electron chi connectivity index (χ0n) is 9.83. The molecule has 0 aliphatic heterocycles. The van der Waals surface area contributed by atoms with Gasteiger partial charge in [0.2, 0.25) is 0 Å². The largest absolute Gasteiger partial charge is 0.496 e. The molecule has 0 bridgehead atoms. The van der Waals surface area contributed by atoms with Crippen LogP contribution in [0.15, 0.2) is 18.2 Å². The molecule has 0 amide bonds. The van der Waals surface area contributed by atoms with Crippen molar-refractivity contribution in [2.45, 2.75) is 26.8 Å². The summed E-state index contributed by atoms with van der Waals surface area (Å²) in [5, 5.41) is 0. The molecule has 3 nitrogen and oxygen atoms in total. The first-order chi connectivity index (χ1) is 7.19. The van der Waals surface area contributed by atoms with Gasteiger partial charge in [0.05, 0.1) is 19.8 Å². The van der Waals surface area contributed by atoms with E-state index in [9.17, 15) is 0 Å². The van der Waals surface area contributed by atoms with Gasteiger partial charge in [0, 0.05) is 5.56 Å². The van der Waals surface area contributed by atoms with Gasteiger partial charge in [-0.3, -0.25) is 0 Å². The Bertz CT molecular complexity index is 312. The van der Waals surface area contributed by atoms with Crippen LogP contribution in [0.25, 0.3) is 0 Å². The van der Waals surface area contributed by atoms with E-state index in [0.29, 0.717) is 6.61 Å². The van der Waals surface area contributed by atoms with Crippen LogP contribution in [-0.4, -0.2) is 13.7 Å². The molecule has 3 heteroatoms. The molecular formula is C12H19NO2. The van der Waals surface area contributed by atoms with Crippen molar-refractivity contribution < 1.29 is 9.57 Å². The van der Waals surface area contributed by atoms with Crippen molar-refractivity contribution in [3.05, 3.63) is 29.3 Å². The van der Waals surface area contributed by atoms with Crippen molar-refractivity contribution >= 4 is 0 Å². The average molecular weight is 209 g/mol. The van der Waals surface area contributed by atoms with Gasteiger partial charge < -0.3 is 9.57 Å². The number of hydrogen-bond donors (Lipinski definition) is 1. The molecule has 0 saturated carbocycles. The minimum absolute atomic E-state index is 0.125. The highest BCUT2D eigenvalue weighted by molar-refractivity contribution is 5.38. The number of methoxy groups -OCH3 is 1. The van der Waals surface area contributed by atoms with E-state index in [2.05, 4.69) is 18.5 Å². The van der Waals surface area contributed by atoms with Crippen LogP contribution in [0.5, 0.6) is 5.75 Å². The second kappa shape index (κ2) is 5.73. The molecule has 0 aromatic heterocycles. The van der Waals surface area contributed by atoms with Crippen LogP contribution < -0.4 is 10.2 Å². The molecule has 1 atom stereocenters. The fourth-order valence-corrected chi connectivity index (χ4v) is 1.46. The topological polar surface area (TPSA) is 30.5 Å². The standard InChI is InChI=1S/C12H19NO2/c1-5-15-13-10(3)11-8-9(2)6-7-12(11)14-4/h6-8,10,13H,5H2,1-4H3. The molecule has 0 aliphatic rings. The summed E-state index contributed by atoms with van der Waals surface area (Å²) in [5.74, 6) is 0.889. The maximum atomic E-state index is 5.31. The minimum Gasteiger partial charge on any atom is -0.496 e. The third-order valence-electron chi connectivity index (χ3n) is 2.26. The fraction of sp³-hybridized carbons (Fsp3) is 0.500. The van der Waals surface area contributed by atoms with Crippen molar-refractivity contribution in [2.24, 2.45) is 0 Å². The molecule has 0 saturated heterocycles. The summed E-state index contributed by atoms with van der Waals surface area (Å²) in [6.07, 6.45) is 0. The second-order valence-corrected chi connectivity index (χ2v) is 3.52. The van der Waals surface area contributed by atoms with Gasteiger partial charge in [-0.2, -0.15) is 5.48 Å². The number of rotatable bonds is 5. The molecule has 0 aliphatic carbocycles. The molecule has 84 valence electrons. The van der Waals surface area contributed by atoms with Crippen molar-refractivity contribution in [1.82, 2.24) is 5.48 Å². The van der Waals surface area contributed by atoms with E-state index in [1.54, 1.807) is 7.11 Å². The van der Waals surface area contributed by atoms with E-state index < -0.39 is 0 Å². The molecule has 1 aromatic rings. The quantitative estimate of drug-likeness (QED) is 0.756. The van der Waals surface area contributed by atoms with Gasteiger partial charge in [-0.25, -0.2) is 0 Å². The van der Waals surface area contributed by atoms with E-state index in [1.165, 1.54) is 5.56 Å². The van der Waals surface area contributed by atoms with Gasteiger partial charge in [0.25, 0.3) is 0 Å². The van der Waals surface area contributed by atoms with Crippen LogP contribution in [0, 0.1) is 6.92 Å². The Labute approximate surface area is 91.4 Å². The van der Waals surface area contributed by atoms with Crippen LogP contribution in [0.3, 0.4) is 0 Å². The Hall–Kier alpha value is -1.06. The summed E-state index contributed by atoms with van der Waals surface area (Å²) in [6, 6.07) is 6.25. The third-order valence-corrected chi connectivity index (χ3v) is 2.26. The van der Waals surface area contributed by atoms with Crippen LogP contribution in [0.4, 0.5) is 0 Å². The lowest BCUT2D eigenvalue weighted by atomic mass is 10.1. The first kappa shape index (κ1) is 12.0. The molecule has 1 N–H and O–H groups in total. The predicted molar refractivity (Wildman–Crippen MR) is 60.9 cm³/mol. The normalized spacial score (nSPS) is 12.5. The van der Waals surface area contributed by atoms with Crippen molar-refractivity contribution in [3.8, 4) is 5.75 Å². The summed E-state index contributed by atoms with van der Waals surface area (Å²) in [4.78, 5) is 5.18. The molecular weight excluding hydrogens is 190 g/mol. The zero-order valence-corrected chi connectivity index (χ0v) is 9.83. The summed E-state index contributed by atoms with van der Waals surface area (Å²) in [5.41, 5.74) is 5.31. The van der Waals surface area contributed by atoms with E-state index in [1.807, 2.05) is 26.0 Å². The van der Waals surface area contributed by atoms with Crippen LogP contribution in [0.2, 0.25) is 0 Å². The van der Waals surface area contributed by atoms with Gasteiger partial charge in [0.1, 0.15) is 5.75 Å². The average Bonchev–Trinajstić information content (AvgIpc) is 2.25. The Balaban J connectivity index is 2.85. The Morgan fingerprint density at radius 2 is 2.13 bits per heavy atom.